The van der Waals surface area contributed by atoms with Crippen molar-refractivity contribution >= 4 is 5.78 Å². The second-order valence-corrected chi connectivity index (χ2v) is 7.59. The fourth-order valence-corrected chi connectivity index (χ4v) is 4.41. The minimum absolute atomic E-state index is 0.000847. The first-order chi connectivity index (χ1) is 15.0. The van der Waals surface area contributed by atoms with Gasteiger partial charge in [-0.1, -0.05) is 6.07 Å². The third kappa shape index (κ3) is 4.56. The van der Waals surface area contributed by atoms with Gasteiger partial charge in [0.15, 0.2) is 28.8 Å². The Kier molecular flexibility index (Phi) is 7.28. The molecule has 7 nitrogen and oxygen atoms in total. The summed E-state index contributed by atoms with van der Waals surface area (Å²) in [6.07, 6.45) is 2.20. The first kappa shape index (κ1) is 22.7. The quantitative estimate of drug-likeness (QED) is 0.628. The topological polar surface area (TPSA) is 83.5 Å². The van der Waals surface area contributed by atoms with Gasteiger partial charge in [0.25, 0.3) is 0 Å². The summed E-state index contributed by atoms with van der Waals surface area (Å²) in [5.74, 6) is 1.36. The molecule has 3 unspecified atom stereocenters. The Morgan fingerprint density at radius 3 is 2.03 bits per heavy atom. The highest BCUT2D eigenvalue weighted by Crippen LogP contribution is 2.44. The molecule has 2 aromatic rings. The fraction of sp³-hybridized carbons (Fsp3) is 0.458. The molecule has 168 valence electrons. The summed E-state index contributed by atoms with van der Waals surface area (Å²) in [6.45, 7) is 0. The smallest absolute Gasteiger partial charge is 0.203 e. The first-order valence-electron chi connectivity index (χ1n) is 10.2. The summed E-state index contributed by atoms with van der Waals surface area (Å²) in [7, 11) is 7.75. The lowest BCUT2D eigenvalue weighted by molar-refractivity contribution is 0.0389. The van der Waals surface area contributed by atoms with Gasteiger partial charge < -0.3 is 28.8 Å². The van der Waals surface area contributed by atoms with E-state index < -0.39 is 0 Å². The predicted octanol–water partition coefficient (Wildman–Crippen LogP) is 4.21. The molecule has 1 aliphatic carbocycles. The number of hydrogen-bond acceptors (Lipinski definition) is 7. The van der Waals surface area contributed by atoms with Crippen LogP contribution < -0.4 is 18.9 Å². The van der Waals surface area contributed by atoms with Crippen LogP contribution in [0.1, 0.15) is 41.1 Å². The summed E-state index contributed by atoms with van der Waals surface area (Å²) >= 11 is 0. The zero-order valence-electron chi connectivity index (χ0n) is 18.6. The van der Waals surface area contributed by atoms with Crippen molar-refractivity contribution in [3.63, 3.8) is 0 Å². The lowest BCUT2D eigenvalue weighted by Gasteiger charge is -2.35. The maximum Gasteiger partial charge on any atom is 0.203 e. The van der Waals surface area contributed by atoms with E-state index in [4.69, 9.17) is 23.7 Å². The Labute approximate surface area is 182 Å². The van der Waals surface area contributed by atoms with E-state index in [0.29, 0.717) is 35.0 Å². The molecule has 7 heteroatoms. The standard InChI is InChI=1S/C24H30O7/c1-27-16-7-8-17(14-6-9-20(28-2)19(25)10-14)18(13-16)23(26)15-11-21(29-3)24(31-5)22(12-15)30-4/h6,9-12,16-18,25H,7-8,13H2,1-5H3. The average Bonchev–Trinajstić information content (AvgIpc) is 2.81. The van der Waals surface area contributed by atoms with Gasteiger partial charge in [-0.25, -0.2) is 0 Å². The Balaban J connectivity index is 2.01. The van der Waals surface area contributed by atoms with E-state index in [9.17, 15) is 9.90 Å². The largest absolute Gasteiger partial charge is 0.504 e. The summed E-state index contributed by atoms with van der Waals surface area (Å²) < 4.78 is 27.0. The van der Waals surface area contributed by atoms with E-state index in [1.807, 2.05) is 6.07 Å². The van der Waals surface area contributed by atoms with Gasteiger partial charge in [0, 0.05) is 18.6 Å². The fourth-order valence-electron chi connectivity index (χ4n) is 4.41. The number of Topliss-reactive ketones (excluding diaryl/α,β-unsaturated/α-hetero) is 1. The maximum atomic E-state index is 13.7. The molecule has 0 heterocycles. The highest BCUT2D eigenvalue weighted by atomic mass is 16.5. The molecule has 0 aliphatic heterocycles. The van der Waals surface area contributed by atoms with E-state index in [1.54, 1.807) is 31.4 Å². The summed E-state index contributed by atoms with van der Waals surface area (Å²) in [6, 6.07) is 8.69. The number of phenolic OH excluding ortho intramolecular Hbond substituents is 1. The van der Waals surface area contributed by atoms with Gasteiger partial charge in [-0.3, -0.25) is 4.79 Å². The SMILES string of the molecule is COc1ccc(C2CCC(OC)CC2C(=O)c2cc(OC)c(OC)c(OC)c2)cc1O. The van der Waals surface area contributed by atoms with Crippen LogP contribution in [0.5, 0.6) is 28.7 Å². The second kappa shape index (κ2) is 9.92. The lowest BCUT2D eigenvalue weighted by atomic mass is 9.71. The number of ketones is 1. The van der Waals surface area contributed by atoms with Gasteiger partial charge in [0.05, 0.1) is 34.5 Å². The van der Waals surface area contributed by atoms with Crippen molar-refractivity contribution < 1.29 is 33.6 Å². The van der Waals surface area contributed by atoms with Crippen LogP contribution in [0.15, 0.2) is 30.3 Å². The van der Waals surface area contributed by atoms with Gasteiger partial charge in [0.2, 0.25) is 5.75 Å². The maximum absolute atomic E-state index is 13.7. The van der Waals surface area contributed by atoms with E-state index in [-0.39, 0.29) is 29.5 Å². The molecule has 1 saturated carbocycles. The molecule has 0 aromatic heterocycles. The van der Waals surface area contributed by atoms with E-state index in [2.05, 4.69) is 0 Å². The molecular weight excluding hydrogens is 400 g/mol. The summed E-state index contributed by atoms with van der Waals surface area (Å²) in [4.78, 5) is 13.7. The number of carbonyl (C=O) groups excluding carboxylic acids is 1. The van der Waals surface area contributed by atoms with Crippen LogP contribution in [0.3, 0.4) is 0 Å². The molecule has 0 bridgehead atoms. The summed E-state index contributed by atoms with van der Waals surface area (Å²) in [5.41, 5.74) is 1.39. The molecule has 3 atom stereocenters. The number of ether oxygens (including phenoxy) is 5. The number of benzene rings is 2. The van der Waals surface area contributed by atoms with Crippen molar-refractivity contribution in [3.05, 3.63) is 41.5 Å². The van der Waals surface area contributed by atoms with Crippen molar-refractivity contribution in [2.24, 2.45) is 5.92 Å². The van der Waals surface area contributed by atoms with Gasteiger partial charge in [-0.15, -0.1) is 0 Å². The lowest BCUT2D eigenvalue weighted by Crippen LogP contribution is -2.33. The predicted molar refractivity (Wildman–Crippen MR) is 116 cm³/mol. The average molecular weight is 430 g/mol. The second-order valence-electron chi connectivity index (χ2n) is 7.59. The van der Waals surface area contributed by atoms with Crippen molar-refractivity contribution in [2.75, 3.05) is 35.5 Å². The zero-order valence-corrected chi connectivity index (χ0v) is 18.6. The van der Waals surface area contributed by atoms with Crippen molar-refractivity contribution in [2.45, 2.75) is 31.3 Å². The number of hydrogen-bond donors (Lipinski definition) is 1. The number of carbonyl (C=O) groups is 1. The molecular formula is C24H30O7. The van der Waals surface area contributed by atoms with Gasteiger partial charge in [-0.05, 0) is 55.0 Å². The third-order valence-corrected chi connectivity index (χ3v) is 6.05. The van der Waals surface area contributed by atoms with E-state index in [1.165, 1.54) is 28.4 Å². The van der Waals surface area contributed by atoms with Crippen LogP contribution in [-0.4, -0.2) is 52.5 Å². The van der Waals surface area contributed by atoms with E-state index >= 15 is 0 Å². The minimum Gasteiger partial charge on any atom is -0.504 e. The van der Waals surface area contributed by atoms with Gasteiger partial charge in [-0.2, -0.15) is 0 Å². The first-order valence-corrected chi connectivity index (χ1v) is 10.2. The van der Waals surface area contributed by atoms with Crippen LogP contribution in [0.4, 0.5) is 0 Å². The van der Waals surface area contributed by atoms with Crippen LogP contribution in [0, 0.1) is 5.92 Å². The van der Waals surface area contributed by atoms with E-state index in [0.717, 1.165) is 18.4 Å². The highest BCUT2D eigenvalue weighted by Gasteiger charge is 2.37. The van der Waals surface area contributed by atoms with Crippen LogP contribution in [0.2, 0.25) is 0 Å². The Bertz CT molecular complexity index is 899. The number of methoxy groups -OCH3 is 5. The van der Waals surface area contributed by atoms with Crippen LogP contribution in [-0.2, 0) is 4.74 Å². The third-order valence-electron chi connectivity index (χ3n) is 6.05. The highest BCUT2D eigenvalue weighted by molar-refractivity contribution is 5.99. The van der Waals surface area contributed by atoms with Crippen molar-refractivity contribution in [1.82, 2.24) is 0 Å². The van der Waals surface area contributed by atoms with Crippen LogP contribution >= 0.6 is 0 Å². The number of phenols is 1. The molecule has 0 radical (unpaired) electrons. The molecule has 0 spiro atoms. The molecule has 31 heavy (non-hydrogen) atoms. The van der Waals surface area contributed by atoms with Crippen LogP contribution in [0.25, 0.3) is 0 Å². The molecule has 2 aromatic carbocycles. The number of rotatable bonds is 8. The Hall–Kier alpha value is -2.93. The molecule has 0 saturated heterocycles. The summed E-state index contributed by atoms with van der Waals surface area (Å²) in [5, 5.41) is 10.3. The van der Waals surface area contributed by atoms with Crippen molar-refractivity contribution in [3.8, 4) is 28.7 Å². The zero-order chi connectivity index (χ0) is 22.5. The molecule has 0 amide bonds. The number of aromatic hydroxyl groups is 1. The monoisotopic (exact) mass is 430 g/mol. The molecule has 1 aliphatic rings. The normalized spacial score (nSPS) is 20.7. The Morgan fingerprint density at radius 1 is 0.871 bits per heavy atom. The Morgan fingerprint density at radius 2 is 1.52 bits per heavy atom. The van der Waals surface area contributed by atoms with Crippen molar-refractivity contribution in [1.29, 1.82) is 0 Å². The molecule has 3 rings (SSSR count). The molecule has 1 N–H and O–H groups in total. The minimum atomic E-state index is -0.325. The molecule has 1 fully saturated rings. The van der Waals surface area contributed by atoms with Gasteiger partial charge in [0.1, 0.15) is 0 Å². The van der Waals surface area contributed by atoms with Gasteiger partial charge >= 0.3 is 0 Å².